The predicted molar refractivity (Wildman–Crippen MR) is 86.8 cm³/mol. The number of sulfone groups is 1. The van der Waals surface area contributed by atoms with Crippen molar-refractivity contribution in [1.29, 1.82) is 0 Å². The lowest BCUT2D eigenvalue weighted by Gasteiger charge is -2.36. The molecule has 1 saturated heterocycles. The fourth-order valence-corrected chi connectivity index (χ4v) is 5.26. The molecule has 0 N–H and O–H groups in total. The number of Topliss-reactive ketones (excluding diaryl/α,β-unsaturated/α-hetero) is 1. The molecule has 7 heteroatoms. The minimum absolute atomic E-state index is 0.00604. The molecule has 21 heavy (non-hydrogen) atoms. The number of carbonyl (C=O) groups excluding carboxylic acids is 1. The van der Waals surface area contributed by atoms with Crippen molar-refractivity contribution < 1.29 is 13.2 Å². The Morgan fingerprint density at radius 2 is 2.19 bits per heavy atom. The Kier molecular flexibility index (Phi) is 5.27. The Morgan fingerprint density at radius 1 is 1.43 bits per heavy atom. The largest absolute Gasteiger partial charge is 0.352 e. The first-order chi connectivity index (χ1) is 9.99. The van der Waals surface area contributed by atoms with Gasteiger partial charge in [-0.05, 0) is 12.1 Å². The van der Waals surface area contributed by atoms with Gasteiger partial charge in [0.25, 0.3) is 0 Å². The van der Waals surface area contributed by atoms with Gasteiger partial charge in [0.05, 0.1) is 11.9 Å². The third-order valence-corrected chi connectivity index (χ3v) is 6.88. The van der Waals surface area contributed by atoms with Gasteiger partial charge in [0.1, 0.15) is 11.1 Å². The molecule has 1 aromatic rings. The number of nitrogens with zero attached hydrogens (tertiary/aromatic N) is 2. The van der Waals surface area contributed by atoms with Crippen LogP contribution in [-0.4, -0.2) is 48.4 Å². The molecule has 1 unspecified atom stereocenters. The molecule has 0 amide bonds. The third kappa shape index (κ3) is 3.58. The second-order valence-electron chi connectivity index (χ2n) is 4.85. The van der Waals surface area contributed by atoms with Crippen molar-refractivity contribution in [3.8, 4) is 0 Å². The van der Waals surface area contributed by atoms with E-state index in [1.54, 1.807) is 43.9 Å². The summed E-state index contributed by atoms with van der Waals surface area (Å²) in [5.74, 6) is 1.60. The molecule has 1 fully saturated rings. The highest BCUT2D eigenvalue weighted by Crippen LogP contribution is 2.27. The number of anilines is 1. The molecule has 1 aromatic heterocycles. The summed E-state index contributed by atoms with van der Waals surface area (Å²) in [4.78, 5) is 17.7. The molecule has 1 aliphatic rings. The molecule has 1 atom stereocenters. The van der Waals surface area contributed by atoms with Crippen LogP contribution in [0, 0.1) is 0 Å². The Labute approximate surface area is 130 Å². The van der Waals surface area contributed by atoms with Crippen molar-refractivity contribution in [2.24, 2.45) is 0 Å². The molecule has 0 aromatic carbocycles. The van der Waals surface area contributed by atoms with Crippen LogP contribution in [0.1, 0.15) is 30.8 Å². The fourth-order valence-electron chi connectivity index (χ4n) is 2.27. The molecule has 5 nitrogen and oxygen atoms in total. The van der Waals surface area contributed by atoms with E-state index in [0.29, 0.717) is 24.4 Å². The summed E-state index contributed by atoms with van der Waals surface area (Å²) >= 11 is 1.66. The minimum atomic E-state index is -3.14. The van der Waals surface area contributed by atoms with E-state index in [9.17, 15) is 13.2 Å². The quantitative estimate of drug-likeness (QED) is 0.770. The van der Waals surface area contributed by atoms with Gasteiger partial charge in [-0.2, -0.15) is 11.8 Å². The average Bonchev–Trinajstić information content (AvgIpc) is 2.54. The second kappa shape index (κ2) is 6.79. The van der Waals surface area contributed by atoms with E-state index in [-0.39, 0.29) is 11.5 Å². The predicted octanol–water partition coefficient (Wildman–Crippen LogP) is 1.99. The highest BCUT2D eigenvalue weighted by Gasteiger charge is 2.33. The lowest BCUT2D eigenvalue weighted by atomic mass is 10.2. The average molecular weight is 328 g/mol. The van der Waals surface area contributed by atoms with Crippen LogP contribution in [0.2, 0.25) is 0 Å². The van der Waals surface area contributed by atoms with Crippen LogP contribution < -0.4 is 4.90 Å². The van der Waals surface area contributed by atoms with Gasteiger partial charge >= 0.3 is 0 Å². The van der Waals surface area contributed by atoms with Gasteiger partial charge in [-0.25, -0.2) is 8.42 Å². The Balaban J connectivity index is 2.28. The van der Waals surface area contributed by atoms with Crippen molar-refractivity contribution in [3.63, 3.8) is 0 Å². The van der Waals surface area contributed by atoms with Gasteiger partial charge in [0.15, 0.2) is 15.6 Å². The molecular weight excluding hydrogens is 308 g/mol. The first kappa shape index (κ1) is 16.3. The number of hydrogen-bond donors (Lipinski definition) is 0. The molecule has 0 radical (unpaired) electrons. The van der Waals surface area contributed by atoms with Crippen molar-refractivity contribution in [1.82, 2.24) is 4.98 Å². The van der Waals surface area contributed by atoms with E-state index in [1.165, 1.54) is 0 Å². The van der Waals surface area contributed by atoms with Crippen LogP contribution in [0.25, 0.3) is 0 Å². The number of aromatic nitrogens is 1. The maximum absolute atomic E-state index is 12.2. The van der Waals surface area contributed by atoms with Crippen LogP contribution in [0.4, 0.5) is 5.69 Å². The SMILES string of the molecule is CCC(=O)c1ccc(N2CCSCC2S(=O)(=O)CC)cn1. The Hall–Kier alpha value is -1.08. The molecule has 116 valence electrons. The zero-order chi connectivity index (χ0) is 15.5. The number of ketones is 1. The van der Waals surface area contributed by atoms with Crippen molar-refractivity contribution in [2.75, 3.05) is 28.7 Å². The number of thioether (sulfide) groups is 1. The Bertz CT molecular complexity index is 599. The van der Waals surface area contributed by atoms with E-state index < -0.39 is 15.2 Å². The smallest absolute Gasteiger partial charge is 0.180 e. The van der Waals surface area contributed by atoms with Gasteiger partial charge < -0.3 is 4.90 Å². The van der Waals surface area contributed by atoms with Gasteiger partial charge in [0, 0.05) is 30.2 Å². The third-order valence-electron chi connectivity index (χ3n) is 3.59. The highest BCUT2D eigenvalue weighted by atomic mass is 32.2. The molecule has 2 rings (SSSR count). The molecule has 2 heterocycles. The number of pyridine rings is 1. The number of carbonyl (C=O) groups is 1. The molecule has 0 spiro atoms. The van der Waals surface area contributed by atoms with E-state index in [1.807, 2.05) is 4.90 Å². The second-order valence-corrected chi connectivity index (χ2v) is 8.45. The molecular formula is C14H20N2O3S2. The van der Waals surface area contributed by atoms with Crippen molar-refractivity contribution in [3.05, 3.63) is 24.0 Å². The van der Waals surface area contributed by atoms with Crippen molar-refractivity contribution in [2.45, 2.75) is 25.6 Å². The molecule has 0 aliphatic carbocycles. The van der Waals surface area contributed by atoms with E-state index in [0.717, 1.165) is 11.4 Å². The first-order valence-corrected chi connectivity index (χ1v) is 9.91. The van der Waals surface area contributed by atoms with Gasteiger partial charge in [-0.15, -0.1) is 0 Å². The summed E-state index contributed by atoms with van der Waals surface area (Å²) in [7, 11) is -3.14. The lowest BCUT2D eigenvalue weighted by molar-refractivity contribution is 0.0983. The van der Waals surface area contributed by atoms with Gasteiger partial charge in [-0.3, -0.25) is 9.78 Å². The van der Waals surface area contributed by atoms with Gasteiger partial charge in [-0.1, -0.05) is 13.8 Å². The van der Waals surface area contributed by atoms with E-state index >= 15 is 0 Å². The lowest BCUT2D eigenvalue weighted by Crippen LogP contribution is -2.48. The topological polar surface area (TPSA) is 67.3 Å². The van der Waals surface area contributed by atoms with Gasteiger partial charge in [0.2, 0.25) is 0 Å². The van der Waals surface area contributed by atoms with Crippen molar-refractivity contribution >= 4 is 33.1 Å². The monoisotopic (exact) mass is 328 g/mol. The summed E-state index contributed by atoms with van der Waals surface area (Å²) in [6, 6.07) is 3.47. The van der Waals surface area contributed by atoms with Crippen LogP contribution in [-0.2, 0) is 9.84 Å². The van der Waals surface area contributed by atoms with E-state index in [2.05, 4.69) is 4.98 Å². The first-order valence-electron chi connectivity index (χ1n) is 7.04. The normalized spacial score (nSPS) is 19.5. The maximum atomic E-state index is 12.2. The van der Waals surface area contributed by atoms with Crippen LogP contribution in [0.15, 0.2) is 18.3 Å². The summed E-state index contributed by atoms with van der Waals surface area (Å²) in [5.41, 5.74) is 1.20. The number of hydrogen-bond acceptors (Lipinski definition) is 6. The zero-order valence-corrected chi connectivity index (χ0v) is 13.9. The van der Waals surface area contributed by atoms with Crippen LogP contribution >= 0.6 is 11.8 Å². The molecule has 0 bridgehead atoms. The number of rotatable bonds is 5. The fraction of sp³-hybridized carbons (Fsp3) is 0.571. The van der Waals surface area contributed by atoms with E-state index in [4.69, 9.17) is 0 Å². The highest BCUT2D eigenvalue weighted by molar-refractivity contribution is 8.01. The summed E-state index contributed by atoms with van der Waals surface area (Å²) in [6.07, 6.45) is 2.02. The maximum Gasteiger partial charge on any atom is 0.180 e. The minimum Gasteiger partial charge on any atom is -0.352 e. The summed E-state index contributed by atoms with van der Waals surface area (Å²) < 4.78 is 24.5. The van der Waals surface area contributed by atoms with Crippen LogP contribution in [0.5, 0.6) is 0 Å². The van der Waals surface area contributed by atoms with Crippen LogP contribution in [0.3, 0.4) is 0 Å². The zero-order valence-electron chi connectivity index (χ0n) is 12.3. The Morgan fingerprint density at radius 3 is 2.76 bits per heavy atom. The molecule has 1 aliphatic heterocycles. The summed E-state index contributed by atoms with van der Waals surface area (Å²) in [5, 5.41) is -0.504. The molecule has 0 saturated carbocycles. The summed E-state index contributed by atoms with van der Waals surface area (Å²) in [6.45, 7) is 4.15. The standard InChI is InChI=1S/C14H20N2O3S2/c1-3-13(17)12-6-5-11(9-15-12)16-7-8-20-10-14(16)21(18,19)4-2/h5-6,9,14H,3-4,7-8,10H2,1-2H3.